The molecule has 2 amide bonds. The molecule has 1 saturated carbocycles. The van der Waals surface area contributed by atoms with Gasteiger partial charge in [-0.1, -0.05) is 50.8 Å². The van der Waals surface area contributed by atoms with Gasteiger partial charge in [0.15, 0.2) is 0 Å². The van der Waals surface area contributed by atoms with Gasteiger partial charge in [-0.25, -0.2) is 18.4 Å². The predicted molar refractivity (Wildman–Crippen MR) is 93.8 cm³/mol. The van der Waals surface area contributed by atoms with Crippen LogP contribution in [0.5, 0.6) is 0 Å². The maximum absolute atomic E-state index is 11.9. The van der Waals surface area contributed by atoms with Crippen LogP contribution in [0.2, 0.25) is 0 Å². The number of nitrogens with one attached hydrogen (secondary N) is 2. The first-order chi connectivity index (χ1) is 11.4. The monoisotopic (exact) mass is 353 g/mol. The van der Waals surface area contributed by atoms with Gasteiger partial charge in [-0.05, 0) is 29.9 Å². The number of amides is 2. The first kappa shape index (κ1) is 18.7. The summed E-state index contributed by atoms with van der Waals surface area (Å²) in [6.45, 7) is 3.05. The number of hydrogen-bond acceptors (Lipinski definition) is 3. The molecule has 0 aliphatic heterocycles. The molecule has 0 spiro atoms. The Morgan fingerprint density at radius 3 is 2.62 bits per heavy atom. The summed E-state index contributed by atoms with van der Waals surface area (Å²) in [5, 5.41) is 10.7. The van der Waals surface area contributed by atoms with Crippen molar-refractivity contribution in [3.8, 4) is 0 Å². The highest BCUT2D eigenvalue weighted by atomic mass is 32.2. The Hall–Kier alpha value is -1.60. The first-order valence-electron chi connectivity index (χ1n) is 8.50. The molecule has 0 heterocycles. The minimum Gasteiger partial charge on any atom is -0.338 e. The molecule has 7 heteroatoms. The van der Waals surface area contributed by atoms with Crippen molar-refractivity contribution >= 4 is 16.1 Å². The molecule has 2 unspecified atom stereocenters. The lowest BCUT2D eigenvalue weighted by molar-refractivity contribution is 0.227. The molecule has 24 heavy (non-hydrogen) atoms. The average Bonchev–Trinajstić information content (AvgIpc) is 2.54. The first-order valence-corrected chi connectivity index (χ1v) is 10.0. The molecule has 0 radical (unpaired) electrons. The smallest absolute Gasteiger partial charge is 0.315 e. The number of urea groups is 1. The van der Waals surface area contributed by atoms with Crippen molar-refractivity contribution < 1.29 is 13.2 Å². The molecule has 0 bridgehead atoms. The van der Waals surface area contributed by atoms with Gasteiger partial charge in [0.25, 0.3) is 0 Å². The van der Waals surface area contributed by atoms with Crippen LogP contribution in [0.25, 0.3) is 0 Å². The van der Waals surface area contributed by atoms with Gasteiger partial charge in [-0.2, -0.15) is 0 Å². The van der Waals surface area contributed by atoms with Gasteiger partial charge in [-0.15, -0.1) is 0 Å². The maximum Gasteiger partial charge on any atom is 0.315 e. The molecule has 0 aromatic heterocycles. The van der Waals surface area contributed by atoms with E-state index in [0.29, 0.717) is 18.0 Å². The Kier molecular flexibility index (Phi) is 6.62. The normalized spacial score (nSPS) is 21.2. The Bertz CT molecular complexity index is 661. The minimum absolute atomic E-state index is 0.0429. The Labute approximate surface area is 144 Å². The van der Waals surface area contributed by atoms with Crippen LogP contribution in [0.4, 0.5) is 4.79 Å². The van der Waals surface area contributed by atoms with Crippen LogP contribution < -0.4 is 15.8 Å². The minimum atomic E-state index is -3.79. The summed E-state index contributed by atoms with van der Waals surface area (Å²) < 4.78 is 23.1. The van der Waals surface area contributed by atoms with Crippen LogP contribution in [0.1, 0.15) is 44.6 Å². The number of nitrogens with two attached hydrogens (primary N) is 1. The lowest BCUT2D eigenvalue weighted by Gasteiger charge is -2.28. The van der Waals surface area contributed by atoms with Crippen molar-refractivity contribution in [2.24, 2.45) is 17.0 Å². The summed E-state index contributed by atoms with van der Waals surface area (Å²) in [5.74, 6) is 1.41. The summed E-state index contributed by atoms with van der Waals surface area (Å²) in [5.41, 5.74) is 0.482. The summed E-state index contributed by atoms with van der Waals surface area (Å²) in [6, 6.07) is 6.11. The fourth-order valence-corrected chi connectivity index (χ4v) is 4.13. The number of carbonyl (C=O) groups is 1. The van der Waals surface area contributed by atoms with Gasteiger partial charge in [0, 0.05) is 13.1 Å². The van der Waals surface area contributed by atoms with E-state index < -0.39 is 10.0 Å². The third-order valence-corrected chi connectivity index (χ3v) is 5.82. The van der Waals surface area contributed by atoms with Gasteiger partial charge >= 0.3 is 6.03 Å². The van der Waals surface area contributed by atoms with E-state index in [9.17, 15) is 13.2 Å². The zero-order valence-corrected chi connectivity index (χ0v) is 14.9. The van der Waals surface area contributed by atoms with Crippen LogP contribution in [-0.2, 0) is 16.6 Å². The van der Waals surface area contributed by atoms with Crippen molar-refractivity contribution in [1.82, 2.24) is 10.6 Å². The third kappa shape index (κ3) is 5.49. The van der Waals surface area contributed by atoms with Crippen molar-refractivity contribution in [1.29, 1.82) is 0 Å². The number of rotatable bonds is 6. The number of primary sulfonamides is 1. The molecule has 1 fully saturated rings. The fourth-order valence-electron chi connectivity index (χ4n) is 3.36. The van der Waals surface area contributed by atoms with E-state index in [2.05, 4.69) is 17.6 Å². The van der Waals surface area contributed by atoms with Crippen molar-refractivity contribution in [2.45, 2.75) is 50.5 Å². The highest BCUT2D eigenvalue weighted by Crippen LogP contribution is 2.31. The molecular formula is C17H27N3O3S. The van der Waals surface area contributed by atoms with Crippen molar-refractivity contribution in [2.75, 3.05) is 6.54 Å². The van der Waals surface area contributed by atoms with E-state index in [1.54, 1.807) is 18.2 Å². The molecule has 2 rings (SSSR count). The quantitative estimate of drug-likeness (QED) is 0.731. The number of benzene rings is 1. The van der Waals surface area contributed by atoms with Crippen molar-refractivity contribution in [3.63, 3.8) is 0 Å². The van der Waals surface area contributed by atoms with E-state index >= 15 is 0 Å². The highest BCUT2D eigenvalue weighted by Gasteiger charge is 2.20. The fraction of sp³-hybridized carbons (Fsp3) is 0.588. The predicted octanol–water partition coefficient (Wildman–Crippen LogP) is 2.35. The van der Waals surface area contributed by atoms with Gasteiger partial charge < -0.3 is 10.6 Å². The zero-order chi connectivity index (χ0) is 17.6. The zero-order valence-electron chi connectivity index (χ0n) is 14.1. The SMILES string of the molecule is CC1CCCCC1CCNC(=O)NCc1ccccc1S(N)(=O)=O. The van der Waals surface area contributed by atoms with Crippen molar-refractivity contribution in [3.05, 3.63) is 29.8 Å². The second kappa shape index (κ2) is 8.48. The molecule has 4 N–H and O–H groups in total. The van der Waals surface area contributed by atoms with E-state index in [1.807, 2.05) is 0 Å². The molecule has 1 aliphatic rings. The van der Waals surface area contributed by atoms with E-state index in [1.165, 1.54) is 31.7 Å². The van der Waals surface area contributed by atoms with Gasteiger partial charge in [0.1, 0.15) is 0 Å². The number of hydrogen-bond donors (Lipinski definition) is 3. The third-order valence-electron chi connectivity index (χ3n) is 4.81. The highest BCUT2D eigenvalue weighted by molar-refractivity contribution is 7.89. The molecule has 1 aromatic carbocycles. The molecule has 1 aliphatic carbocycles. The topological polar surface area (TPSA) is 101 Å². The Morgan fingerprint density at radius 1 is 1.21 bits per heavy atom. The van der Waals surface area contributed by atoms with Gasteiger partial charge in [0.05, 0.1) is 4.90 Å². The summed E-state index contributed by atoms with van der Waals surface area (Å²) >= 11 is 0. The van der Waals surface area contributed by atoms with Crippen LogP contribution in [-0.4, -0.2) is 21.0 Å². The Morgan fingerprint density at radius 2 is 1.92 bits per heavy atom. The molecule has 0 saturated heterocycles. The second-order valence-corrected chi connectivity index (χ2v) is 8.10. The van der Waals surface area contributed by atoms with Crippen LogP contribution in [0.15, 0.2) is 29.2 Å². The number of carbonyl (C=O) groups excluding carboxylic acids is 1. The lowest BCUT2D eigenvalue weighted by Crippen LogP contribution is -2.37. The van der Waals surface area contributed by atoms with E-state index in [-0.39, 0.29) is 17.5 Å². The van der Waals surface area contributed by atoms with Gasteiger partial charge in [-0.3, -0.25) is 0 Å². The summed E-state index contributed by atoms with van der Waals surface area (Å²) in [6.07, 6.45) is 6.11. The molecular weight excluding hydrogens is 326 g/mol. The summed E-state index contributed by atoms with van der Waals surface area (Å²) in [4.78, 5) is 11.9. The standard InChI is InChI=1S/C17H27N3O3S/c1-13-6-2-3-7-14(13)10-11-19-17(21)20-12-15-8-4-5-9-16(15)24(18,22)23/h4-5,8-9,13-14H,2-3,6-7,10-12H2,1H3,(H2,18,22,23)(H2,19,20,21). The molecule has 2 atom stereocenters. The van der Waals surface area contributed by atoms with Crippen LogP contribution in [0.3, 0.4) is 0 Å². The Balaban J connectivity index is 1.78. The lowest BCUT2D eigenvalue weighted by atomic mass is 9.79. The number of sulfonamides is 1. The van der Waals surface area contributed by atoms with E-state index in [0.717, 1.165) is 12.3 Å². The molecule has 134 valence electrons. The van der Waals surface area contributed by atoms with E-state index in [4.69, 9.17) is 5.14 Å². The van der Waals surface area contributed by atoms with Gasteiger partial charge in [0.2, 0.25) is 10.0 Å². The summed E-state index contributed by atoms with van der Waals surface area (Å²) in [7, 11) is -3.79. The molecule has 6 nitrogen and oxygen atoms in total. The molecule has 1 aromatic rings. The second-order valence-electron chi connectivity index (χ2n) is 6.57. The maximum atomic E-state index is 11.9. The average molecular weight is 353 g/mol. The van der Waals surface area contributed by atoms with Crippen LogP contribution in [0, 0.1) is 11.8 Å². The van der Waals surface area contributed by atoms with Crippen LogP contribution >= 0.6 is 0 Å². The largest absolute Gasteiger partial charge is 0.338 e.